The van der Waals surface area contributed by atoms with Crippen molar-refractivity contribution in [2.45, 2.75) is 0 Å². The van der Waals surface area contributed by atoms with E-state index >= 15 is 0 Å². The van der Waals surface area contributed by atoms with Crippen LogP contribution in [0.4, 0.5) is 0 Å². The lowest BCUT2D eigenvalue weighted by Crippen LogP contribution is -2.00. The van der Waals surface area contributed by atoms with Gasteiger partial charge in [-0.15, -0.1) is 11.3 Å². The Labute approximate surface area is 327 Å². The molecule has 8 aromatic carbocycles. The lowest BCUT2D eigenvalue weighted by atomic mass is 10.0. The van der Waals surface area contributed by atoms with Gasteiger partial charge in [-0.2, -0.15) is 0 Å². The van der Waals surface area contributed by atoms with Gasteiger partial charge in [0.05, 0.1) is 0 Å². The second kappa shape index (κ2) is 13.3. The summed E-state index contributed by atoms with van der Waals surface area (Å²) in [4.78, 5) is 15.4. The largest absolute Gasteiger partial charge is 0.455 e. The highest BCUT2D eigenvalue weighted by molar-refractivity contribution is 7.26. The number of para-hydroxylation sites is 1. The zero-order chi connectivity index (χ0) is 37.0. The minimum Gasteiger partial charge on any atom is -0.455 e. The van der Waals surface area contributed by atoms with Crippen molar-refractivity contribution in [2.75, 3.05) is 0 Å². The van der Waals surface area contributed by atoms with Crippen molar-refractivity contribution >= 4 is 53.4 Å². The zero-order valence-corrected chi connectivity index (χ0v) is 30.9. The van der Waals surface area contributed by atoms with Gasteiger partial charge in [0.2, 0.25) is 0 Å². The highest BCUT2D eigenvalue weighted by Gasteiger charge is 2.18. The van der Waals surface area contributed by atoms with Crippen LogP contribution in [0.25, 0.3) is 110 Å². The van der Waals surface area contributed by atoms with Crippen LogP contribution < -0.4 is 0 Å². The van der Waals surface area contributed by atoms with Gasteiger partial charge in [-0.1, -0.05) is 158 Å². The molecule has 0 saturated carbocycles. The first-order valence-electron chi connectivity index (χ1n) is 18.7. The molecule has 0 saturated heterocycles. The molecule has 56 heavy (non-hydrogen) atoms. The summed E-state index contributed by atoms with van der Waals surface area (Å²) < 4.78 is 9.14. The number of rotatable bonds is 6. The fourth-order valence-electron chi connectivity index (χ4n) is 7.77. The van der Waals surface area contributed by atoms with Crippen molar-refractivity contribution in [1.29, 1.82) is 0 Å². The van der Waals surface area contributed by atoms with E-state index < -0.39 is 0 Å². The molecule has 3 aromatic heterocycles. The smallest absolute Gasteiger partial charge is 0.164 e. The topological polar surface area (TPSA) is 51.8 Å². The minimum absolute atomic E-state index is 0.587. The third-order valence-corrected chi connectivity index (χ3v) is 11.8. The van der Waals surface area contributed by atoms with E-state index in [2.05, 4.69) is 176 Å². The molecule has 0 amide bonds. The number of fused-ring (bicyclic) bond motifs is 6. The van der Waals surface area contributed by atoms with Crippen LogP contribution in [0.1, 0.15) is 0 Å². The van der Waals surface area contributed by atoms with E-state index in [1.165, 1.54) is 31.3 Å². The third-order valence-electron chi connectivity index (χ3n) is 10.6. The SMILES string of the molecule is c1ccc(-c2ccc(-c3nc(-c4ccc5c(c4)oc4c(-c6ccccc6)cccc45)nc(-c4ccc5sc6c(-c7ccccc7)cccc6c5c4)n3)cc2)cc1. The minimum atomic E-state index is 0.587. The molecule has 5 heteroatoms. The van der Waals surface area contributed by atoms with Gasteiger partial charge in [-0.3, -0.25) is 0 Å². The highest BCUT2D eigenvalue weighted by Crippen LogP contribution is 2.42. The fraction of sp³-hybridized carbons (Fsp3) is 0. The normalized spacial score (nSPS) is 11.6. The van der Waals surface area contributed by atoms with E-state index in [1.807, 2.05) is 23.5 Å². The number of aromatic nitrogens is 3. The molecular weight excluding hydrogens is 703 g/mol. The van der Waals surface area contributed by atoms with Crippen LogP contribution in [0.5, 0.6) is 0 Å². The van der Waals surface area contributed by atoms with E-state index in [4.69, 9.17) is 19.4 Å². The van der Waals surface area contributed by atoms with Gasteiger partial charge in [0, 0.05) is 53.2 Å². The number of thiophene rings is 1. The average molecular weight is 734 g/mol. The number of nitrogens with zero attached hydrogens (tertiary/aromatic N) is 3. The first-order valence-corrected chi connectivity index (χ1v) is 19.5. The molecule has 4 nitrogen and oxygen atoms in total. The Morgan fingerprint density at radius 2 is 0.857 bits per heavy atom. The standard InChI is InChI=1S/C51H31N3OS/c1-4-12-32(13-5-1)33-22-24-36(25-23-33)49-52-50(37-27-29-46-44(30-37)43-21-11-19-40(48(43)56-46)35-16-8-3-9-17-35)54-51(53-49)38-26-28-41-42-20-10-18-39(34-14-6-2-7-15-34)47(42)55-45(41)31-38/h1-31H. The van der Waals surface area contributed by atoms with Crippen molar-refractivity contribution in [2.24, 2.45) is 0 Å². The predicted octanol–water partition coefficient (Wildman–Crippen LogP) is 14.1. The van der Waals surface area contributed by atoms with Crippen LogP contribution in [-0.4, -0.2) is 15.0 Å². The number of benzene rings is 8. The summed E-state index contributed by atoms with van der Waals surface area (Å²) in [6.07, 6.45) is 0. The first kappa shape index (κ1) is 32.2. The average Bonchev–Trinajstić information content (AvgIpc) is 3.85. The Bertz CT molecular complexity index is 3230. The summed E-state index contributed by atoms with van der Waals surface area (Å²) in [6.45, 7) is 0. The summed E-state index contributed by atoms with van der Waals surface area (Å²) in [6, 6.07) is 65.6. The summed E-state index contributed by atoms with van der Waals surface area (Å²) in [5.74, 6) is 1.82. The van der Waals surface area contributed by atoms with Crippen LogP contribution >= 0.6 is 11.3 Å². The van der Waals surface area contributed by atoms with Crippen LogP contribution in [0.3, 0.4) is 0 Å². The Balaban J connectivity index is 1.07. The molecule has 0 bridgehead atoms. The van der Waals surface area contributed by atoms with Gasteiger partial charge in [0.15, 0.2) is 17.5 Å². The number of hydrogen-bond acceptors (Lipinski definition) is 5. The number of furan rings is 1. The lowest BCUT2D eigenvalue weighted by molar-refractivity contribution is 0.670. The fourth-order valence-corrected chi connectivity index (χ4v) is 8.99. The molecule has 11 rings (SSSR count). The second-order valence-corrected chi connectivity index (χ2v) is 15.0. The summed E-state index contributed by atoms with van der Waals surface area (Å²) in [5, 5.41) is 4.55. The van der Waals surface area contributed by atoms with Crippen molar-refractivity contribution in [3.8, 4) is 67.5 Å². The Kier molecular flexibility index (Phi) is 7.64. The van der Waals surface area contributed by atoms with Gasteiger partial charge in [-0.25, -0.2) is 15.0 Å². The molecule has 0 aliphatic heterocycles. The molecule has 0 aliphatic carbocycles. The van der Waals surface area contributed by atoms with Crippen LogP contribution in [0, 0.1) is 0 Å². The number of hydrogen-bond donors (Lipinski definition) is 0. The Morgan fingerprint density at radius 3 is 1.55 bits per heavy atom. The molecule has 0 spiro atoms. The van der Waals surface area contributed by atoms with Crippen molar-refractivity contribution in [3.63, 3.8) is 0 Å². The predicted molar refractivity (Wildman–Crippen MR) is 233 cm³/mol. The third kappa shape index (κ3) is 5.56. The maximum atomic E-state index is 6.64. The molecule has 262 valence electrons. The first-order chi connectivity index (χ1) is 27.7. The highest BCUT2D eigenvalue weighted by atomic mass is 32.1. The molecule has 3 heterocycles. The van der Waals surface area contributed by atoms with Crippen LogP contribution in [0.15, 0.2) is 192 Å². The molecule has 0 atom stereocenters. The van der Waals surface area contributed by atoms with Gasteiger partial charge >= 0.3 is 0 Å². The van der Waals surface area contributed by atoms with E-state index in [0.717, 1.165) is 60.9 Å². The van der Waals surface area contributed by atoms with Crippen molar-refractivity contribution < 1.29 is 4.42 Å². The van der Waals surface area contributed by atoms with E-state index in [9.17, 15) is 0 Å². The summed E-state index contributed by atoms with van der Waals surface area (Å²) in [7, 11) is 0. The quantitative estimate of drug-likeness (QED) is 0.171. The molecule has 0 aliphatic rings. The van der Waals surface area contributed by atoms with Crippen molar-refractivity contribution in [3.05, 3.63) is 188 Å². The molecule has 0 N–H and O–H groups in total. The molecule has 11 aromatic rings. The van der Waals surface area contributed by atoms with Crippen LogP contribution in [0.2, 0.25) is 0 Å². The van der Waals surface area contributed by atoms with Crippen LogP contribution in [-0.2, 0) is 0 Å². The van der Waals surface area contributed by atoms with E-state index in [1.54, 1.807) is 0 Å². The summed E-state index contributed by atoms with van der Waals surface area (Å²) >= 11 is 1.83. The Hall–Kier alpha value is -7.21. The Morgan fingerprint density at radius 1 is 0.339 bits per heavy atom. The van der Waals surface area contributed by atoms with Gasteiger partial charge in [0.25, 0.3) is 0 Å². The van der Waals surface area contributed by atoms with E-state index in [0.29, 0.717) is 17.5 Å². The lowest BCUT2D eigenvalue weighted by Gasteiger charge is -2.09. The van der Waals surface area contributed by atoms with Gasteiger partial charge < -0.3 is 4.42 Å². The summed E-state index contributed by atoms with van der Waals surface area (Å²) in [5.41, 5.74) is 11.3. The molecular formula is C51H31N3OS. The van der Waals surface area contributed by atoms with Gasteiger partial charge in [-0.05, 0) is 58.1 Å². The second-order valence-electron chi connectivity index (χ2n) is 14.0. The van der Waals surface area contributed by atoms with Crippen molar-refractivity contribution in [1.82, 2.24) is 15.0 Å². The molecule has 0 unspecified atom stereocenters. The maximum Gasteiger partial charge on any atom is 0.164 e. The van der Waals surface area contributed by atoms with E-state index in [-0.39, 0.29) is 0 Å². The monoisotopic (exact) mass is 733 g/mol. The molecule has 0 fully saturated rings. The zero-order valence-electron chi connectivity index (χ0n) is 30.1. The van der Waals surface area contributed by atoms with Gasteiger partial charge in [0.1, 0.15) is 11.2 Å². The maximum absolute atomic E-state index is 6.64. The molecule has 0 radical (unpaired) electrons.